The molecule has 0 saturated heterocycles. The van der Waals surface area contributed by atoms with Gasteiger partial charge in [-0.1, -0.05) is 13.8 Å². The number of hydrogen-bond acceptors (Lipinski definition) is 3. The van der Waals surface area contributed by atoms with Crippen LogP contribution in [0.15, 0.2) is 30.7 Å². The van der Waals surface area contributed by atoms with E-state index < -0.39 is 6.04 Å². The fourth-order valence-corrected chi connectivity index (χ4v) is 1.67. The smallest absolute Gasteiger partial charge is 0.237 e. The minimum absolute atomic E-state index is 0.117. The van der Waals surface area contributed by atoms with Crippen LogP contribution in [0, 0.1) is 5.92 Å². The molecular formula is C13H18N4O. The minimum atomic E-state index is -0.458. The number of pyridine rings is 1. The average Bonchev–Trinajstić information content (AvgIpc) is 2.82. The molecule has 0 fully saturated rings. The second-order valence-electron chi connectivity index (χ2n) is 4.72. The number of aromatic nitrogens is 2. The zero-order valence-electron chi connectivity index (χ0n) is 10.6. The third-order valence-electron chi connectivity index (χ3n) is 2.95. The van der Waals surface area contributed by atoms with Crippen molar-refractivity contribution in [3.63, 3.8) is 0 Å². The Morgan fingerprint density at radius 3 is 3.00 bits per heavy atom. The highest BCUT2D eigenvalue weighted by atomic mass is 16.2. The van der Waals surface area contributed by atoms with Crippen LogP contribution in [0.5, 0.6) is 0 Å². The largest absolute Gasteiger partial charge is 0.351 e. The topological polar surface area (TPSA) is 72.4 Å². The molecule has 2 aromatic heterocycles. The quantitative estimate of drug-likeness (QED) is 0.843. The van der Waals surface area contributed by atoms with Crippen LogP contribution >= 0.6 is 0 Å². The summed E-state index contributed by atoms with van der Waals surface area (Å²) >= 11 is 0. The van der Waals surface area contributed by atoms with Gasteiger partial charge in [-0.2, -0.15) is 0 Å². The summed E-state index contributed by atoms with van der Waals surface area (Å²) in [6.45, 7) is 4.34. The number of fused-ring (bicyclic) bond motifs is 1. The highest BCUT2D eigenvalue weighted by Gasteiger charge is 2.16. The molecule has 0 bridgehead atoms. The summed E-state index contributed by atoms with van der Waals surface area (Å²) in [6, 6.07) is 3.44. The molecule has 0 aromatic carbocycles. The maximum atomic E-state index is 11.7. The summed E-state index contributed by atoms with van der Waals surface area (Å²) in [5.74, 6) is 0.0213. The van der Waals surface area contributed by atoms with E-state index in [4.69, 9.17) is 5.73 Å². The van der Waals surface area contributed by atoms with Crippen molar-refractivity contribution in [1.82, 2.24) is 14.7 Å². The van der Waals surface area contributed by atoms with Crippen molar-refractivity contribution in [2.24, 2.45) is 11.7 Å². The van der Waals surface area contributed by atoms with E-state index in [2.05, 4.69) is 10.3 Å². The second kappa shape index (κ2) is 5.18. The van der Waals surface area contributed by atoms with Crippen molar-refractivity contribution < 1.29 is 4.79 Å². The summed E-state index contributed by atoms with van der Waals surface area (Å²) in [6.07, 6.45) is 5.55. The molecule has 5 nitrogen and oxygen atoms in total. The summed E-state index contributed by atoms with van der Waals surface area (Å²) in [5.41, 5.74) is 7.65. The molecule has 0 radical (unpaired) electrons. The Morgan fingerprint density at radius 1 is 1.50 bits per heavy atom. The number of hydrogen-bond donors (Lipinski definition) is 2. The van der Waals surface area contributed by atoms with Crippen LogP contribution < -0.4 is 11.1 Å². The molecule has 3 N–H and O–H groups in total. The van der Waals surface area contributed by atoms with Gasteiger partial charge in [0.15, 0.2) is 0 Å². The first-order valence-corrected chi connectivity index (χ1v) is 6.03. The van der Waals surface area contributed by atoms with E-state index in [1.165, 1.54) is 0 Å². The number of nitrogens with zero attached hydrogens (tertiary/aromatic N) is 2. The molecule has 2 aromatic rings. The summed E-state index contributed by atoms with van der Waals surface area (Å²) in [5, 5.41) is 2.84. The number of carbonyl (C=O) groups excluding carboxylic acids is 1. The highest BCUT2D eigenvalue weighted by Crippen LogP contribution is 2.05. The zero-order chi connectivity index (χ0) is 13.1. The third kappa shape index (κ3) is 2.68. The van der Waals surface area contributed by atoms with Crippen LogP contribution in [0.1, 0.15) is 19.4 Å². The van der Waals surface area contributed by atoms with Gasteiger partial charge in [-0.05, 0) is 23.6 Å². The SMILES string of the molecule is CC(C)[C@H](N)C(=O)NCc1ccn2ccnc2c1. The van der Waals surface area contributed by atoms with Gasteiger partial charge < -0.3 is 15.5 Å². The molecule has 0 aliphatic heterocycles. The van der Waals surface area contributed by atoms with Crippen molar-refractivity contribution in [3.05, 3.63) is 36.3 Å². The Morgan fingerprint density at radius 2 is 2.28 bits per heavy atom. The number of rotatable bonds is 4. The Kier molecular flexibility index (Phi) is 3.62. The van der Waals surface area contributed by atoms with Gasteiger partial charge in [0.2, 0.25) is 5.91 Å². The predicted octanol–water partition coefficient (Wildman–Crippen LogP) is 0.934. The fourth-order valence-electron chi connectivity index (χ4n) is 1.67. The van der Waals surface area contributed by atoms with Crippen LogP contribution in [-0.4, -0.2) is 21.3 Å². The first kappa shape index (κ1) is 12.6. The monoisotopic (exact) mass is 246 g/mol. The Bertz CT molecular complexity index is 547. The van der Waals surface area contributed by atoms with Crippen molar-refractivity contribution in [2.45, 2.75) is 26.4 Å². The lowest BCUT2D eigenvalue weighted by Crippen LogP contribution is -2.43. The van der Waals surface area contributed by atoms with E-state index in [0.29, 0.717) is 6.54 Å². The fraction of sp³-hybridized carbons (Fsp3) is 0.385. The Balaban J connectivity index is 1.99. The van der Waals surface area contributed by atoms with Crippen molar-refractivity contribution in [1.29, 1.82) is 0 Å². The number of amides is 1. The average molecular weight is 246 g/mol. The Hall–Kier alpha value is -1.88. The predicted molar refractivity (Wildman–Crippen MR) is 69.9 cm³/mol. The van der Waals surface area contributed by atoms with Crippen LogP contribution in [0.25, 0.3) is 5.65 Å². The number of imidazole rings is 1. The van der Waals surface area contributed by atoms with E-state index in [9.17, 15) is 4.79 Å². The van der Waals surface area contributed by atoms with Gasteiger partial charge >= 0.3 is 0 Å². The van der Waals surface area contributed by atoms with Gasteiger partial charge in [0.05, 0.1) is 6.04 Å². The second-order valence-corrected chi connectivity index (χ2v) is 4.72. The molecule has 1 atom stereocenters. The number of carbonyl (C=O) groups is 1. The molecule has 2 heterocycles. The van der Waals surface area contributed by atoms with E-state index in [0.717, 1.165) is 11.2 Å². The van der Waals surface area contributed by atoms with Crippen LogP contribution in [0.4, 0.5) is 0 Å². The summed E-state index contributed by atoms with van der Waals surface area (Å²) < 4.78 is 1.92. The van der Waals surface area contributed by atoms with E-state index in [1.807, 2.05) is 42.8 Å². The highest BCUT2D eigenvalue weighted by molar-refractivity contribution is 5.81. The lowest BCUT2D eigenvalue weighted by Gasteiger charge is -2.15. The molecular weight excluding hydrogens is 228 g/mol. The first-order chi connectivity index (χ1) is 8.58. The molecule has 0 aliphatic rings. The lowest BCUT2D eigenvalue weighted by molar-refractivity contribution is -0.123. The maximum Gasteiger partial charge on any atom is 0.237 e. The molecule has 0 unspecified atom stereocenters. The summed E-state index contributed by atoms with van der Waals surface area (Å²) in [4.78, 5) is 15.9. The summed E-state index contributed by atoms with van der Waals surface area (Å²) in [7, 11) is 0. The Labute approximate surface area is 106 Å². The standard InChI is InChI=1S/C13H18N4O/c1-9(2)12(14)13(18)16-8-10-3-5-17-6-4-15-11(17)7-10/h3-7,9,12H,8,14H2,1-2H3,(H,16,18)/t12-/m0/s1. The first-order valence-electron chi connectivity index (χ1n) is 6.03. The molecule has 1 amide bonds. The van der Waals surface area contributed by atoms with Crippen LogP contribution in [-0.2, 0) is 11.3 Å². The van der Waals surface area contributed by atoms with Crippen LogP contribution in [0.2, 0.25) is 0 Å². The van der Waals surface area contributed by atoms with E-state index >= 15 is 0 Å². The van der Waals surface area contributed by atoms with E-state index in [-0.39, 0.29) is 11.8 Å². The normalized spacial score (nSPS) is 12.9. The minimum Gasteiger partial charge on any atom is -0.351 e. The molecule has 0 aliphatic carbocycles. The number of nitrogens with one attached hydrogen (secondary N) is 1. The third-order valence-corrected chi connectivity index (χ3v) is 2.95. The van der Waals surface area contributed by atoms with Gasteiger partial charge in [-0.15, -0.1) is 0 Å². The lowest BCUT2D eigenvalue weighted by atomic mass is 10.1. The van der Waals surface area contributed by atoms with Gasteiger partial charge in [0, 0.05) is 25.1 Å². The molecule has 0 spiro atoms. The number of nitrogens with two attached hydrogens (primary N) is 1. The maximum absolute atomic E-state index is 11.7. The van der Waals surface area contributed by atoms with Crippen molar-refractivity contribution in [3.8, 4) is 0 Å². The molecule has 2 rings (SSSR count). The van der Waals surface area contributed by atoms with Crippen molar-refractivity contribution in [2.75, 3.05) is 0 Å². The van der Waals surface area contributed by atoms with Gasteiger partial charge in [0.25, 0.3) is 0 Å². The van der Waals surface area contributed by atoms with Gasteiger partial charge in [0.1, 0.15) is 5.65 Å². The van der Waals surface area contributed by atoms with Crippen LogP contribution in [0.3, 0.4) is 0 Å². The molecule has 5 heteroatoms. The van der Waals surface area contributed by atoms with Gasteiger partial charge in [-0.3, -0.25) is 4.79 Å². The molecule has 0 saturated carbocycles. The molecule has 18 heavy (non-hydrogen) atoms. The van der Waals surface area contributed by atoms with E-state index in [1.54, 1.807) is 6.20 Å². The van der Waals surface area contributed by atoms with Crippen molar-refractivity contribution >= 4 is 11.6 Å². The zero-order valence-corrected chi connectivity index (χ0v) is 10.6. The van der Waals surface area contributed by atoms with Gasteiger partial charge in [-0.25, -0.2) is 4.98 Å². The molecule has 96 valence electrons.